The van der Waals surface area contributed by atoms with E-state index in [1.165, 1.54) is 0 Å². The Bertz CT molecular complexity index is 1180. The maximum absolute atomic E-state index is 12.8. The summed E-state index contributed by atoms with van der Waals surface area (Å²) in [6.45, 7) is 3.83. The first-order valence-corrected chi connectivity index (χ1v) is 12.2. The van der Waals surface area contributed by atoms with Crippen LogP contribution in [0.5, 0.6) is 0 Å². The van der Waals surface area contributed by atoms with E-state index in [1.807, 2.05) is 31.2 Å². The number of carbonyl (C=O) groups excluding carboxylic acids is 4. The van der Waals surface area contributed by atoms with Gasteiger partial charge in [0.05, 0.1) is 6.61 Å². The molecule has 2 aliphatic rings. The van der Waals surface area contributed by atoms with Crippen molar-refractivity contribution in [2.75, 3.05) is 40.1 Å². The van der Waals surface area contributed by atoms with Crippen LogP contribution >= 0.6 is 0 Å². The van der Waals surface area contributed by atoms with Gasteiger partial charge in [-0.2, -0.15) is 0 Å². The second-order valence-corrected chi connectivity index (χ2v) is 8.89. The lowest BCUT2D eigenvalue weighted by Gasteiger charge is -2.17. The third-order valence-electron chi connectivity index (χ3n) is 6.27. The summed E-state index contributed by atoms with van der Waals surface area (Å²) < 4.78 is 15.8. The number of rotatable bonds is 11. The van der Waals surface area contributed by atoms with Crippen molar-refractivity contribution in [2.45, 2.75) is 32.1 Å². The second kappa shape index (κ2) is 12.0. The molecule has 4 rings (SSSR count). The summed E-state index contributed by atoms with van der Waals surface area (Å²) in [7, 11) is 1.64. The number of hydrogen-bond acceptors (Lipinski definition) is 8. The third-order valence-corrected chi connectivity index (χ3v) is 6.27. The summed E-state index contributed by atoms with van der Waals surface area (Å²) in [5, 5.41) is 3.31. The predicted molar refractivity (Wildman–Crippen MR) is 132 cm³/mol. The largest absolute Gasteiger partial charge is 0.533 e. The first-order chi connectivity index (χ1) is 17.9. The van der Waals surface area contributed by atoms with E-state index >= 15 is 0 Å². The van der Waals surface area contributed by atoms with Crippen molar-refractivity contribution >= 4 is 23.9 Å². The molecule has 1 heterocycles. The lowest BCUT2D eigenvalue weighted by atomic mass is 9.95. The van der Waals surface area contributed by atoms with Gasteiger partial charge in [0.25, 0.3) is 17.7 Å². The first-order valence-electron chi connectivity index (χ1n) is 12.2. The fourth-order valence-corrected chi connectivity index (χ4v) is 4.46. The van der Waals surface area contributed by atoms with Crippen LogP contribution in [0.3, 0.4) is 0 Å². The number of fused-ring (bicyclic) bond motifs is 3. The fraction of sp³-hybridized carbons (Fsp3) is 0.407. The maximum Gasteiger partial charge on any atom is 0.533 e. The molecule has 10 heteroatoms. The van der Waals surface area contributed by atoms with Crippen LogP contribution in [0.25, 0.3) is 11.1 Å². The number of benzene rings is 2. The summed E-state index contributed by atoms with van der Waals surface area (Å²) in [6.07, 6.45) is -0.346. The lowest BCUT2D eigenvalue weighted by Crippen LogP contribution is -2.32. The molecule has 2 aromatic carbocycles. The normalized spacial score (nSPS) is 15.9. The van der Waals surface area contributed by atoms with E-state index in [4.69, 9.17) is 19.0 Å². The number of aryl methyl sites for hydroxylation is 1. The topological polar surface area (TPSA) is 120 Å². The zero-order valence-electron chi connectivity index (χ0n) is 20.9. The molecule has 37 heavy (non-hydrogen) atoms. The number of ether oxygens (including phenoxy) is 3. The highest BCUT2D eigenvalue weighted by Gasteiger charge is 2.35. The highest BCUT2D eigenvalue weighted by Crippen LogP contribution is 2.45. The van der Waals surface area contributed by atoms with Gasteiger partial charge < -0.3 is 19.5 Å². The van der Waals surface area contributed by atoms with Crippen molar-refractivity contribution < 1.29 is 38.2 Å². The van der Waals surface area contributed by atoms with Crippen molar-refractivity contribution in [3.05, 3.63) is 58.7 Å². The molecule has 1 unspecified atom stereocenters. The van der Waals surface area contributed by atoms with Gasteiger partial charge in [0, 0.05) is 51.2 Å². The predicted octanol–water partition coefficient (Wildman–Crippen LogP) is 3.11. The highest BCUT2D eigenvalue weighted by atomic mass is 16.8. The Morgan fingerprint density at radius 2 is 1.68 bits per heavy atom. The number of hydroxylamine groups is 2. The number of methoxy groups -OCH3 is 1. The maximum atomic E-state index is 12.8. The van der Waals surface area contributed by atoms with Crippen LogP contribution < -0.4 is 5.32 Å². The van der Waals surface area contributed by atoms with Crippen molar-refractivity contribution in [3.63, 3.8) is 0 Å². The van der Waals surface area contributed by atoms with Crippen LogP contribution in [0, 0.1) is 6.92 Å². The average Bonchev–Trinajstić information content (AvgIpc) is 3.37. The van der Waals surface area contributed by atoms with Gasteiger partial charge in [0.1, 0.15) is 6.61 Å². The van der Waals surface area contributed by atoms with Crippen LogP contribution in [0.4, 0.5) is 4.79 Å². The molecule has 1 N–H and O–H groups in total. The van der Waals surface area contributed by atoms with E-state index in [1.54, 1.807) is 19.2 Å². The molecular weight excluding hydrogens is 480 g/mol. The summed E-state index contributed by atoms with van der Waals surface area (Å²) in [6, 6.07) is 11.5. The van der Waals surface area contributed by atoms with Gasteiger partial charge in [-0.1, -0.05) is 34.9 Å². The van der Waals surface area contributed by atoms with Gasteiger partial charge in [0.15, 0.2) is 0 Å². The van der Waals surface area contributed by atoms with Crippen LogP contribution in [0.2, 0.25) is 0 Å². The van der Waals surface area contributed by atoms with Crippen LogP contribution in [0.1, 0.15) is 52.2 Å². The monoisotopic (exact) mass is 510 g/mol. The Balaban J connectivity index is 1.43. The minimum Gasteiger partial charge on any atom is -0.432 e. The fourth-order valence-electron chi connectivity index (χ4n) is 4.46. The SMILES string of the molecule is COCCCOCCNC(=O)c1ccc2c(c1)C(COC(=O)ON1C(=O)CCC1=O)c1cc(C)ccc1-2. The molecule has 3 amide bonds. The Kier molecular flexibility index (Phi) is 8.52. The number of nitrogens with one attached hydrogen (secondary N) is 1. The minimum absolute atomic E-state index is 0.000447. The third kappa shape index (κ3) is 6.15. The summed E-state index contributed by atoms with van der Waals surface area (Å²) in [4.78, 5) is 53.3. The summed E-state index contributed by atoms with van der Waals surface area (Å²) in [5.41, 5.74) is 5.24. The summed E-state index contributed by atoms with van der Waals surface area (Å²) in [5.74, 6) is -1.74. The Morgan fingerprint density at radius 3 is 2.41 bits per heavy atom. The van der Waals surface area contributed by atoms with Gasteiger partial charge in [-0.05, 0) is 47.7 Å². The highest BCUT2D eigenvalue weighted by molar-refractivity contribution is 6.01. The Labute approximate surface area is 214 Å². The Morgan fingerprint density at radius 1 is 0.973 bits per heavy atom. The molecule has 1 atom stereocenters. The Hall–Kier alpha value is -3.76. The van der Waals surface area contributed by atoms with Gasteiger partial charge >= 0.3 is 6.16 Å². The quantitative estimate of drug-likeness (QED) is 0.278. The van der Waals surface area contributed by atoms with E-state index in [0.29, 0.717) is 37.0 Å². The van der Waals surface area contributed by atoms with E-state index in [9.17, 15) is 19.2 Å². The average molecular weight is 511 g/mol. The molecule has 0 spiro atoms. The van der Waals surface area contributed by atoms with Gasteiger partial charge in [-0.3, -0.25) is 19.2 Å². The molecule has 0 radical (unpaired) electrons. The minimum atomic E-state index is -1.13. The molecular formula is C27H30N2O8. The van der Waals surface area contributed by atoms with E-state index in [2.05, 4.69) is 5.32 Å². The number of imide groups is 1. The zero-order valence-corrected chi connectivity index (χ0v) is 20.9. The standard InChI is InChI=1S/C27H30N2O8/c1-17-4-6-19-20-7-5-18(26(32)28-10-13-35-12-3-11-34-2)15-22(20)23(21(19)14-17)16-36-27(33)37-29-24(30)8-9-25(29)31/h4-7,14-15,23H,3,8-13,16H2,1-2H3,(H,28,32). The molecule has 1 saturated heterocycles. The number of hydrogen-bond donors (Lipinski definition) is 1. The molecule has 2 aromatic rings. The van der Waals surface area contributed by atoms with Gasteiger partial charge in [-0.25, -0.2) is 4.79 Å². The summed E-state index contributed by atoms with van der Waals surface area (Å²) >= 11 is 0. The number of carbonyl (C=O) groups is 4. The van der Waals surface area contributed by atoms with Crippen LogP contribution in [-0.2, 0) is 28.6 Å². The first kappa shape index (κ1) is 26.3. The lowest BCUT2D eigenvalue weighted by molar-refractivity contribution is -0.177. The van der Waals surface area contributed by atoms with Gasteiger partial charge in [0.2, 0.25) is 0 Å². The molecule has 10 nitrogen and oxygen atoms in total. The van der Waals surface area contributed by atoms with Gasteiger partial charge in [-0.15, -0.1) is 0 Å². The molecule has 1 fully saturated rings. The van der Waals surface area contributed by atoms with Crippen molar-refractivity contribution in [1.29, 1.82) is 0 Å². The van der Waals surface area contributed by atoms with E-state index in [0.717, 1.165) is 34.2 Å². The van der Waals surface area contributed by atoms with Crippen LogP contribution in [-0.4, -0.2) is 69.0 Å². The zero-order chi connectivity index (χ0) is 26.4. The molecule has 196 valence electrons. The van der Waals surface area contributed by atoms with Crippen molar-refractivity contribution in [2.24, 2.45) is 0 Å². The second-order valence-electron chi connectivity index (χ2n) is 8.89. The van der Waals surface area contributed by atoms with Crippen molar-refractivity contribution in [1.82, 2.24) is 10.4 Å². The molecule has 1 aliphatic carbocycles. The molecule has 0 saturated carbocycles. The van der Waals surface area contributed by atoms with E-state index in [-0.39, 0.29) is 31.3 Å². The molecule has 0 bridgehead atoms. The van der Waals surface area contributed by atoms with Crippen molar-refractivity contribution in [3.8, 4) is 11.1 Å². The smallest absolute Gasteiger partial charge is 0.432 e. The molecule has 0 aromatic heterocycles. The number of nitrogens with zero attached hydrogens (tertiary/aromatic N) is 1. The number of amides is 3. The molecule has 1 aliphatic heterocycles. The van der Waals surface area contributed by atoms with E-state index < -0.39 is 18.0 Å². The van der Waals surface area contributed by atoms with Crippen LogP contribution in [0.15, 0.2) is 36.4 Å².